The molecule has 1 aromatic carbocycles. The zero-order chi connectivity index (χ0) is 14.0. The van der Waals surface area contributed by atoms with Gasteiger partial charge in [0.25, 0.3) is 5.91 Å². The molecule has 1 fully saturated rings. The van der Waals surface area contributed by atoms with Crippen molar-refractivity contribution in [1.29, 1.82) is 0 Å². The van der Waals surface area contributed by atoms with E-state index in [1.165, 1.54) is 0 Å². The number of likely N-dealkylation sites (tertiary alicyclic amines) is 1. The third-order valence-corrected chi connectivity index (χ3v) is 4.08. The highest BCUT2D eigenvalue weighted by atomic mass is 32.1. The summed E-state index contributed by atoms with van der Waals surface area (Å²) in [5, 5.41) is 10.1. The highest BCUT2D eigenvalue weighted by molar-refractivity contribution is 7.80. The molecule has 1 aromatic rings. The summed E-state index contributed by atoms with van der Waals surface area (Å²) in [5.74, 6) is 0.0473. The van der Waals surface area contributed by atoms with Crippen molar-refractivity contribution in [2.45, 2.75) is 43.6 Å². The fourth-order valence-electron chi connectivity index (χ4n) is 2.48. The molecule has 0 aliphatic carbocycles. The second kappa shape index (κ2) is 5.55. The largest absolute Gasteiger partial charge is 0.390 e. The summed E-state index contributed by atoms with van der Waals surface area (Å²) in [6.07, 6.45) is 2.24. The van der Waals surface area contributed by atoms with Crippen molar-refractivity contribution < 1.29 is 9.90 Å². The molecule has 1 heterocycles. The fraction of sp³-hybridized carbons (Fsp3) is 0.533. The Labute approximate surface area is 120 Å². The number of aryl methyl sites for hydroxylation is 1. The zero-order valence-electron chi connectivity index (χ0n) is 11.5. The smallest absolute Gasteiger partial charge is 0.254 e. The molecule has 19 heavy (non-hydrogen) atoms. The maximum Gasteiger partial charge on any atom is 0.254 e. The first-order valence-electron chi connectivity index (χ1n) is 6.70. The number of benzene rings is 1. The standard InChI is InChI=1S/C15H21NO2S/c1-11-4-5-12(19)10-13(11)14(17)16-8-3-6-15(2,18)7-9-16/h4-5,10,18-19H,3,6-9H2,1-2H3. The van der Waals surface area contributed by atoms with E-state index in [2.05, 4.69) is 12.6 Å². The summed E-state index contributed by atoms with van der Waals surface area (Å²) in [5.41, 5.74) is 1.04. The molecule has 0 aromatic heterocycles. The van der Waals surface area contributed by atoms with Crippen LogP contribution in [0.4, 0.5) is 0 Å². The van der Waals surface area contributed by atoms with Crippen molar-refractivity contribution >= 4 is 18.5 Å². The molecule has 1 saturated heterocycles. The van der Waals surface area contributed by atoms with Gasteiger partial charge in [-0.05, 0) is 50.8 Å². The van der Waals surface area contributed by atoms with Gasteiger partial charge >= 0.3 is 0 Å². The van der Waals surface area contributed by atoms with E-state index in [1.54, 1.807) is 0 Å². The predicted octanol–water partition coefficient (Wildman–Crippen LogP) is 2.66. The lowest BCUT2D eigenvalue weighted by molar-refractivity contribution is 0.0438. The number of carbonyl (C=O) groups excluding carboxylic acids is 1. The molecule has 1 aliphatic rings. The predicted molar refractivity (Wildman–Crippen MR) is 78.8 cm³/mol. The van der Waals surface area contributed by atoms with Gasteiger partial charge in [-0.1, -0.05) is 6.07 Å². The SMILES string of the molecule is Cc1ccc(S)cc1C(=O)N1CCCC(C)(O)CC1. The lowest BCUT2D eigenvalue weighted by atomic mass is 9.98. The number of thiol groups is 1. The number of hydrogen-bond acceptors (Lipinski definition) is 3. The summed E-state index contributed by atoms with van der Waals surface area (Å²) in [4.78, 5) is 15.2. The maximum atomic E-state index is 12.5. The van der Waals surface area contributed by atoms with Gasteiger partial charge in [0.15, 0.2) is 0 Å². The molecule has 1 aliphatic heterocycles. The Morgan fingerprint density at radius 1 is 1.37 bits per heavy atom. The van der Waals surface area contributed by atoms with E-state index < -0.39 is 5.60 Å². The van der Waals surface area contributed by atoms with Crippen LogP contribution in [0.2, 0.25) is 0 Å². The molecule has 0 spiro atoms. The average Bonchev–Trinajstić information content (AvgIpc) is 2.52. The molecule has 0 saturated carbocycles. The first-order chi connectivity index (χ1) is 8.89. The molecule has 2 rings (SSSR count). The average molecular weight is 279 g/mol. The molecular weight excluding hydrogens is 258 g/mol. The van der Waals surface area contributed by atoms with Gasteiger partial charge < -0.3 is 10.0 Å². The van der Waals surface area contributed by atoms with E-state index in [0.717, 1.165) is 23.3 Å². The zero-order valence-corrected chi connectivity index (χ0v) is 12.4. The summed E-state index contributed by atoms with van der Waals surface area (Å²) in [7, 11) is 0. The molecule has 1 unspecified atom stereocenters. The van der Waals surface area contributed by atoms with Crippen LogP contribution >= 0.6 is 12.6 Å². The van der Waals surface area contributed by atoms with E-state index in [0.29, 0.717) is 25.1 Å². The van der Waals surface area contributed by atoms with Crippen LogP contribution in [0.15, 0.2) is 23.1 Å². The Morgan fingerprint density at radius 3 is 2.84 bits per heavy atom. The second-order valence-corrected chi connectivity index (χ2v) is 6.16. The van der Waals surface area contributed by atoms with Gasteiger partial charge in [0.1, 0.15) is 0 Å². The van der Waals surface area contributed by atoms with Gasteiger partial charge in [-0.25, -0.2) is 0 Å². The lowest BCUT2D eigenvalue weighted by Gasteiger charge is -2.23. The van der Waals surface area contributed by atoms with Crippen LogP contribution in [0.25, 0.3) is 0 Å². The van der Waals surface area contributed by atoms with Gasteiger partial charge in [0.05, 0.1) is 5.60 Å². The normalized spacial score (nSPS) is 24.1. The third-order valence-electron chi connectivity index (χ3n) is 3.80. The molecule has 1 N–H and O–H groups in total. The minimum atomic E-state index is -0.643. The van der Waals surface area contributed by atoms with Gasteiger partial charge in [-0.2, -0.15) is 0 Å². The molecule has 1 amide bonds. The number of nitrogens with zero attached hydrogens (tertiary/aromatic N) is 1. The Hall–Kier alpha value is -1.00. The molecule has 3 nitrogen and oxygen atoms in total. The number of rotatable bonds is 1. The minimum absolute atomic E-state index is 0.0473. The summed E-state index contributed by atoms with van der Waals surface area (Å²) < 4.78 is 0. The van der Waals surface area contributed by atoms with Gasteiger partial charge in [-0.15, -0.1) is 12.6 Å². The van der Waals surface area contributed by atoms with Gasteiger partial charge in [-0.3, -0.25) is 4.79 Å². The van der Waals surface area contributed by atoms with Crippen LogP contribution in [-0.2, 0) is 0 Å². The molecule has 1 atom stereocenters. The fourth-order valence-corrected chi connectivity index (χ4v) is 2.68. The Balaban J connectivity index is 2.17. The molecule has 104 valence electrons. The van der Waals surface area contributed by atoms with Crippen LogP contribution in [0.5, 0.6) is 0 Å². The van der Waals surface area contributed by atoms with Crippen molar-refractivity contribution in [3.05, 3.63) is 29.3 Å². The number of aliphatic hydroxyl groups is 1. The topological polar surface area (TPSA) is 40.5 Å². The van der Waals surface area contributed by atoms with Crippen LogP contribution in [0, 0.1) is 6.92 Å². The van der Waals surface area contributed by atoms with Crippen molar-refractivity contribution in [2.24, 2.45) is 0 Å². The first kappa shape index (κ1) is 14.4. The molecule has 4 heteroatoms. The van der Waals surface area contributed by atoms with Crippen molar-refractivity contribution in [2.75, 3.05) is 13.1 Å². The maximum absolute atomic E-state index is 12.5. The van der Waals surface area contributed by atoms with Crippen LogP contribution < -0.4 is 0 Å². The second-order valence-electron chi connectivity index (χ2n) is 5.64. The molecule has 0 radical (unpaired) electrons. The summed E-state index contributed by atoms with van der Waals surface area (Å²) in [6, 6.07) is 5.63. The summed E-state index contributed by atoms with van der Waals surface area (Å²) in [6.45, 7) is 5.11. The third kappa shape index (κ3) is 3.51. The quantitative estimate of drug-likeness (QED) is 0.776. The Bertz CT molecular complexity index is 485. The van der Waals surface area contributed by atoms with Crippen molar-refractivity contribution in [1.82, 2.24) is 4.90 Å². The van der Waals surface area contributed by atoms with Gasteiger partial charge in [0, 0.05) is 23.5 Å². The van der Waals surface area contributed by atoms with Crippen molar-refractivity contribution in [3.8, 4) is 0 Å². The molecular formula is C15H21NO2S. The minimum Gasteiger partial charge on any atom is -0.390 e. The van der Waals surface area contributed by atoms with E-state index >= 15 is 0 Å². The lowest BCUT2D eigenvalue weighted by Crippen LogP contribution is -2.33. The number of carbonyl (C=O) groups is 1. The van der Waals surface area contributed by atoms with Gasteiger partial charge in [0.2, 0.25) is 0 Å². The summed E-state index contributed by atoms with van der Waals surface area (Å²) >= 11 is 4.30. The van der Waals surface area contributed by atoms with Crippen LogP contribution in [0.3, 0.4) is 0 Å². The van der Waals surface area contributed by atoms with Crippen molar-refractivity contribution in [3.63, 3.8) is 0 Å². The monoisotopic (exact) mass is 279 g/mol. The highest BCUT2D eigenvalue weighted by Gasteiger charge is 2.27. The van der Waals surface area contributed by atoms with E-state index in [-0.39, 0.29) is 5.91 Å². The highest BCUT2D eigenvalue weighted by Crippen LogP contribution is 2.23. The number of hydrogen-bond donors (Lipinski definition) is 2. The van der Waals surface area contributed by atoms with E-state index in [1.807, 2.05) is 36.9 Å². The van der Waals surface area contributed by atoms with E-state index in [4.69, 9.17) is 0 Å². The van der Waals surface area contributed by atoms with E-state index in [9.17, 15) is 9.90 Å². The van der Waals surface area contributed by atoms with Crippen LogP contribution in [0.1, 0.15) is 42.1 Å². The van der Waals surface area contributed by atoms with Crippen LogP contribution in [-0.4, -0.2) is 34.6 Å². The Morgan fingerprint density at radius 2 is 2.11 bits per heavy atom. The number of amides is 1. The molecule has 0 bridgehead atoms. The Kier molecular flexibility index (Phi) is 4.21. The first-order valence-corrected chi connectivity index (χ1v) is 7.15.